The predicted molar refractivity (Wildman–Crippen MR) is 108 cm³/mol. The molecule has 3 rings (SSSR count). The number of carbonyl (C=O) groups excluding carboxylic acids is 2. The average molecular weight is 383 g/mol. The van der Waals surface area contributed by atoms with E-state index in [-0.39, 0.29) is 35.4 Å². The van der Waals surface area contributed by atoms with Crippen molar-refractivity contribution in [2.24, 2.45) is 11.8 Å². The van der Waals surface area contributed by atoms with Gasteiger partial charge < -0.3 is 15.1 Å². The Morgan fingerprint density at radius 1 is 1.18 bits per heavy atom. The third kappa shape index (κ3) is 4.61. The lowest BCUT2D eigenvalue weighted by Crippen LogP contribution is -2.35. The Kier molecular flexibility index (Phi) is 6.17. The second kappa shape index (κ2) is 8.59. The van der Waals surface area contributed by atoms with Crippen LogP contribution in [0.2, 0.25) is 0 Å². The Hall–Kier alpha value is -2.63. The van der Waals surface area contributed by atoms with Crippen LogP contribution in [0.1, 0.15) is 73.1 Å². The quantitative estimate of drug-likeness (QED) is 0.766. The number of nitrogens with zero attached hydrogens (tertiary/aromatic N) is 1. The molecule has 2 amide bonds. The maximum atomic E-state index is 12.6. The molecule has 6 nitrogen and oxygen atoms in total. The zero-order valence-electron chi connectivity index (χ0n) is 17.0. The fraction of sp³-hybridized carbons (Fsp3) is 0.500. The van der Waals surface area contributed by atoms with E-state index in [1.807, 2.05) is 45.9 Å². The number of rotatable bonds is 6. The highest BCUT2D eigenvalue weighted by atomic mass is 16.3. The topological polar surface area (TPSA) is 84.2 Å². The number of aromatic nitrogens is 1. The van der Waals surface area contributed by atoms with Crippen molar-refractivity contribution in [3.8, 4) is 0 Å². The van der Waals surface area contributed by atoms with Crippen LogP contribution < -0.4 is 10.6 Å². The predicted octanol–water partition coefficient (Wildman–Crippen LogP) is 4.55. The first-order valence-corrected chi connectivity index (χ1v) is 9.99. The van der Waals surface area contributed by atoms with Crippen molar-refractivity contribution in [1.82, 2.24) is 10.3 Å². The summed E-state index contributed by atoms with van der Waals surface area (Å²) < 4.78 is 5.58. The summed E-state index contributed by atoms with van der Waals surface area (Å²) in [5, 5.41) is 5.95. The fourth-order valence-corrected chi connectivity index (χ4v) is 3.56. The lowest BCUT2D eigenvalue weighted by Gasteiger charge is -2.21. The van der Waals surface area contributed by atoms with Crippen molar-refractivity contribution in [2.45, 2.75) is 59.4 Å². The van der Waals surface area contributed by atoms with Crippen LogP contribution in [0, 0.1) is 25.7 Å². The van der Waals surface area contributed by atoms with Gasteiger partial charge in [0.05, 0.1) is 0 Å². The molecule has 0 bridgehead atoms. The first-order valence-electron chi connectivity index (χ1n) is 9.99. The summed E-state index contributed by atoms with van der Waals surface area (Å²) in [5.41, 5.74) is 3.00. The van der Waals surface area contributed by atoms with E-state index < -0.39 is 0 Å². The maximum Gasteiger partial charge on any atom is 0.277 e. The maximum absolute atomic E-state index is 12.6. The molecule has 1 fully saturated rings. The average Bonchev–Trinajstić information content (AvgIpc) is 3.34. The van der Waals surface area contributed by atoms with Crippen molar-refractivity contribution in [2.75, 3.05) is 5.32 Å². The van der Waals surface area contributed by atoms with E-state index in [0.29, 0.717) is 5.89 Å². The molecule has 1 aromatic heterocycles. The molecule has 0 aliphatic heterocycles. The van der Waals surface area contributed by atoms with Gasteiger partial charge in [0.15, 0.2) is 5.69 Å². The van der Waals surface area contributed by atoms with E-state index in [0.717, 1.165) is 42.5 Å². The highest BCUT2D eigenvalue weighted by Crippen LogP contribution is 2.28. The van der Waals surface area contributed by atoms with Crippen LogP contribution in [0.25, 0.3) is 0 Å². The molecule has 0 spiro atoms. The molecule has 0 saturated heterocycles. The third-order valence-electron chi connectivity index (χ3n) is 5.35. The van der Waals surface area contributed by atoms with Gasteiger partial charge in [-0.25, -0.2) is 4.98 Å². The van der Waals surface area contributed by atoms with Crippen LogP contribution in [-0.4, -0.2) is 16.8 Å². The highest BCUT2D eigenvalue weighted by Gasteiger charge is 2.29. The van der Waals surface area contributed by atoms with Gasteiger partial charge in [0.25, 0.3) is 5.91 Å². The number of nitrogens with one attached hydrogen (secondary N) is 2. The summed E-state index contributed by atoms with van der Waals surface area (Å²) in [7, 11) is 0. The van der Waals surface area contributed by atoms with Crippen LogP contribution in [0.3, 0.4) is 0 Å². The summed E-state index contributed by atoms with van der Waals surface area (Å²) in [6, 6.07) is 5.54. The van der Waals surface area contributed by atoms with Crippen LogP contribution in [0.4, 0.5) is 5.69 Å². The number of benzene rings is 1. The molecule has 1 atom stereocenters. The Labute approximate surface area is 166 Å². The molecular formula is C22H29N3O3. The smallest absolute Gasteiger partial charge is 0.277 e. The van der Waals surface area contributed by atoms with E-state index in [9.17, 15) is 9.59 Å². The Bertz CT molecular complexity index is 850. The minimum absolute atomic E-state index is 0.0517. The number of carbonyl (C=O) groups is 2. The fourth-order valence-electron chi connectivity index (χ4n) is 3.56. The number of aryl methyl sites for hydroxylation is 2. The van der Waals surface area contributed by atoms with E-state index in [1.54, 1.807) is 0 Å². The zero-order chi connectivity index (χ0) is 20.3. The van der Waals surface area contributed by atoms with Crippen LogP contribution in [0.15, 0.2) is 28.9 Å². The Morgan fingerprint density at radius 2 is 1.89 bits per heavy atom. The second-order valence-corrected chi connectivity index (χ2v) is 8.06. The molecule has 1 saturated carbocycles. The lowest BCUT2D eigenvalue weighted by molar-refractivity contribution is -0.126. The Balaban J connectivity index is 1.72. The van der Waals surface area contributed by atoms with Gasteiger partial charge in [-0.05, 0) is 49.8 Å². The van der Waals surface area contributed by atoms with Gasteiger partial charge in [-0.1, -0.05) is 38.8 Å². The van der Waals surface area contributed by atoms with Crippen molar-refractivity contribution in [3.63, 3.8) is 0 Å². The van der Waals surface area contributed by atoms with Gasteiger partial charge in [0.2, 0.25) is 11.8 Å². The van der Waals surface area contributed by atoms with Crippen molar-refractivity contribution >= 4 is 17.5 Å². The summed E-state index contributed by atoms with van der Waals surface area (Å²) in [6.07, 6.45) is 5.43. The van der Waals surface area contributed by atoms with Crippen molar-refractivity contribution in [3.05, 3.63) is 47.2 Å². The van der Waals surface area contributed by atoms with Gasteiger partial charge in [0.1, 0.15) is 12.3 Å². The number of amides is 2. The molecule has 2 aromatic rings. The van der Waals surface area contributed by atoms with E-state index in [2.05, 4.69) is 15.6 Å². The SMILES string of the molecule is Cc1ccc(C)c(NC(=O)c2coc([C@@H](NC(=O)C3CCCC3)C(C)C)n2)c1. The molecule has 1 aliphatic carbocycles. The van der Waals surface area contributed by atoms with Gasteiger partial charge >= 0.3 is 0 Å². The van der Waals surface area contributed by atoms with Crippen molar-refractivity contribution < 1.29 is 14.0 Å². The first kappa shape index (κ1) is 20.1. The molecule has 150 valence electrons. The standard InChI is InChI=1S/C22H29N3O3/c1-13(2)19(25-20(26)16-7-5-6-8-16)22-24-18(12-28-22)21(27)23-17-11-14(3)9-10-15(17)4/h9-13,16,19H,5-8H2,1-4H3,(H,23,27)(H,25,26)/t19-/m0/s1. The molecule has 1 heterocycles. The molecular weight excluding hydrogens is 354 g/mol. The molecule has 6 heteroatoms. The molecule has 1 aliphatic rings. The van der Waals surface area contributed by atoms with Crippen LogP contribution >= 0.6 is 0 Å². The number of oxazole rings is 1. The monoisotopic (exact) mass is 383 g/mol. The Morgan fingerprint density at radius 3 is 2.57 bits per heavy atom. The van der Waals surface area contributed by atoms with Crippen LogP contribution in [0.5, 0.6) is 0 Å². The minimum Gasteiger partial charge on any atom is -0.446 e. The molecule has 2 N–H and O–H groups in total. The van der Waals surface area contributed by atoms with Crippen molar-refractivity contribution in [1.29, 1.82) is 0 Å². The largest absolute Gasteiger partial charge is 0.446 e. The van der Waals surface area contributed by atoms with Gasteiger partial charge in [0, 0.05) is 11.6 Å². The zero-order valence-corrected chi connectivity index (χ0v) is 17.0. The number of anilines is 1. The highest BCUT2D eigenvalue weighted by molar-refractivity contribution is 6.03. The second-order valence-electron chi connectivity index (χ2n) is 8.06. The lowest BCUT2D eigenvalue weighted by atomic mass is 10.0. The van der Waals surface area contributed by atoms with Gasteiger partial charge in [-0.2, -0.15) is 0 Å². The molecule has 0 unspecified atom stereocenters. The third-order valence-corrected chi connectivity index (χ3v) is 5.35. The summed E-state index contributed by atoms with van der Waals surface area (Å²) in [5.74, 6) is 0.263. The molecule has 0 radical (unpaired) electrons. The van der Waals surface area contributed by atoms with Gasteiger partial charge in [-0.15, -0.1) is 0 Å². The minimum atomic E-state index is -0.352. The van der Waals surface area contributed by atoms with E-state index in [1.165, 1.54) is 6.26 Å². The van der Waals surface area contributed by atoms with E-state index >= 15 is 0 Å². The number of hydrogen-bond acceptors (Lipinski definition) is 4. The first-order chi connectivity index (χ1) is 13.3. The molecule has 28 heavy (non-hydrogen) atoms. The summed E-state index contributed by atoms with van der Waals surface area (Å²) in [4.78, 5) is 29.5. The normalized spacial score (nSPS) is 15.6. The number of hydrogen-bond donors (Lipinski definition) is 2. The summed E-state index contributed by atoms with van der Waals surface area (Å²) >= 11 is 0. The van der Waals surface area contributed by atoms with Gasteiger partial charge in [-0.3, -0.25) is 9.59 Å². The molecule has 1 aromatic carbocycles. The van der Waals surface area contributed by atoms with E-state index in [4.69, 9.17) is 4.42 Å². The summed E-state index contributed by atoms with van der Waals surface area (Å²) in [6.45, 7) is 7.92. The van der Waals surface area contributed by atoms with Crippen LogP contribution in [-0.2, 0) is 4.79 Å².